The van der Waals surface area contributed by atoms with Crippen molar-refractivity contribution < 1.29 is 9.26 Å². The van der Waals surface area contributed by atoms with E-state index in [1.165, 1.54) is 25.9 Å². The molecule has 0 unspecified atom stereocenters. The number of rotatable bonds is 3. The molecule has 1 atom stereocenters. The summed E-state index contributed by atoms with van der Waals surface area (Å²) in [5.41, 5.74) is 0.583. The molecule has 21 heavy (non-hydrogen) atoms. The van der Waals surface area contributed by atoms with Crippen molar-refractivity contribution in [2.45, 2.75) is 18.9 Å². The first-order chi connectivity index (χ1) is 10.3. The lowest BCUT2D eigenvalue weighted by molar-refractivity contribution is 0.0973. The van der Waals surface area contributed by atoms with Gasteiger partial charge in [-0.15, -0.1) is 0 Å². The quantitative estimate of drug-likeness (QED) is 0.944. The molecule has 0 aliphatic carbocycles. The molecular formula is C15H18ClN3O2. The number of hydrogen-bond acceptors (Lipinski definition) is 5. The maximum atomic E-state index is 6.27. The maximum absolute atomic E-state index is 6.27. The minimum absolute atomic E-state index is 0.446. The number of ether oxygens (including phenoxy) is 1. The third-order valence-electron chi connectivity index (χ3n) is 4.74. The summed E-state index contributed by atoms with van der Waals surface area (Å²) < 4.78 is 10.6. The first kappa shape index (κ1) is 13.2. The van der Waals surface area contributed by atoms with E-state index in [-0.39, 0.29) is 0 Å². The number of hydrogen-bond donors (Lipinski definition) is 1. The summed E-state index contributed by atoms with van der Waals surface area (Å²) >= 11 is 6.27. The fourth-order valence-corrected chi connectivity index (χ4v) is 3.80. The summed E-state index contributed by atoms with van der Waals surface area (Å²) in [4.78, 5) is 2.51. The highest BCUT2D eigenvalue weighted by Crippen LogP contribution is 2.37. The number of benzene rings is 1. The molecule has 1 aromatic heterocycles. The topological polar surface area (TPSA) is 50.5 Å². The minimum atomic E-state index is 0.446. The summed E-state index contributed by atoms with van der Waals surface area (Å²) in [6.45, 7) is 3.54. The highest BCUT2D eigenvalue weighted by atomic mass is 35.5. The van der Waals surface area contributed by atoms with E-state index >= 15 is 0 Å². The lowest BCUT2D eigenvalue weighted by Gasteiger charge is -2.44. The van der Waals surface area contributed by atoms with Gasteiger partial charge in [0.15, 0.2) is 11.4 Å². The second kappa shape index (κ2) is 5.07. The van der Waals surface area contributed by atoms with Crippen LogP contribution in [0.3, 0.4) is 0 Å². The van der Waals surface area contributed by atoms with E-state index in [1.54, 1.807) is 7.11 Å². The van der Waals surface area contributed by atoms with E-state index < -0.39 is 0 Å². The molecule has 3 aliphatic rings. The highest BCUT2D eigenvalue weighted by Gasteiger charge is 2.34. The first-order valence-corrected chi connectivity index (χ1v) is 7.75. The predicted octanol–water partition coefficient (Wildman–Crippen LogP) is 3.00. The number of piperidine rings is 3. The fourth-order valence-electron chi connectivity index (χ4n) is 3.52. The predicted molar refractivity (Wildman–Crippen MR) is 82.1 cm³/mol. The Kier molecular flexibility index (Phi) is 3.19. The van der Waals surface area contributed by atoms with Crippen molar-refractivity contribution in [1.82, 2.24) is 10.1 Å². The van der Waals surface area contributed by atoms with E-state index in [1.807, 2.05) is 12.1 Å². The third kappa shape index (κ3) is 2.15. The van der Waals surface area contributed by atoms with Crippen LogP contribution in [0.1, 0.15) is 12.8 Å². The number of methoxy groups -OCH3 is 1. The number of halogens is 1. The van der Waals surface area contributed by atoms with Gasteiger partial charge in [0.05, 0.1) is 12.5 Å². The zero-order valence-corrected chi connectivity index (χ0v) is 12.7. The number of aromatic nitrogens is 1. The van der Waals surface area contributed by atoms with Crippen molar-refractivity contribution in [1.29, 1.82) is 0 Å². The smallest absolute Gasteiger partial charge is 0.191 e. The Morgan fingerprint density at radius 3 is 2.86 bits per heavy atom. The van der Waals surface area contributed by atoms with Gasteiger partial charge >= 0.3 is 0 Å². The Hall–Kier alpha value is -1.46. The molecule has 3 saturated heterocycles. The van der Waals surface area contributed by atoms with Crippen LogP contribution in [0.5, 0.6) is 5.75 Å². The molecule has 0 amide bonds. The van der Waals surface area contributed by atoms with Crippen LogP contribution >= 0.6 is 11.6 Å². The molecule has 6 heteroatoms. The second-order valence-corrected chi connectivity index (χ2v) is 6.26. The van der Waals surface area contributed by atoms with Gasteiger partial charge in [-0.25, -0.2) is 0 Å². The van der Waals surface area contributed by atoms with E-state index in [0.29, 0.717) is 22.4 Å². The van der Waals surface area contributed by atoms with Crippen LogP contribution in [0.25, 0.3) is 11.0 Å². The van der Waals surface area contributed by atoms with E-state index in [2.05, 4.69) is 15.4 Å². The largest absolute Gasteiger partial charge is 0.495 e. The molecule has 0 radical (unpaired) electrons. The van der Waals surface area contributed by atoms with Crippen LogP contribution in [0.4, 0.5) is 5.82 Å². The zero-order valence-electron chi connectivity index (χ0n) is 11.9. The Labute approximate surface area is 128 Å². The summed E-state index contributed by atoms with van der Waals surface area (Å²) in [6, 6.07) is 4.24. The zero-order chi connectivity index (χ0) is 14.4. The van der Waals surface area contributed by atoms with Gasteiger partial charge < -0.3 is 19.5 Å². The molecule has 0 saturated carbocycles. The van der Waals surface area contributed by atoms with Gasteiger partial charge in [0.2, 0.25) is 0 Å². The van der Waals surface area contributed by atoms with Crippen molar-refractivity contribution >= 4 is 28.4 Å². The average molecular weight is 308 g/mol. The standard InChI is InChI=1S/C15H18ClN3O2/c1-20-12-3-2-10-14(13(12)16)21-18-15(10)17-11-8-19-6-4-9(11)5-7-19/h2-3,9,11H,4-8H2,1H3,(H,17,18)/t11-/m1/s1. The molecule has 2 aromatic rings. The van der Waals surface area contributed by atoms with Crippen molar-refractivity contribution in [2.24, 2.45) is 5.92 Å². The average Bonchev–Trinajstić information content (AvgIpc) is 2.93. The molecule has 2 bridgehead atoms. The molecule has 1 N–H and O–H groups in total. The van der Waals surface area contributed by atoms with Crippen molar-refractivity contribution in [3.05, 3.63) is 17.2 Å². The molecule has 4 heterocycles. The molecular weight excluding hydrogens is 290 g/mol. The van der Waals surface area contributed by atoms with Crippen LogP contribution in [-0.4, -0.2) is 42.8 Å². The molecule has 112 valence electrons. The molecule has 0 spiro atoms. The van der Waals surface area contributed by atoms with Gasteiger partial charge in [0.25, 0.3) is 0 Å². The van der Waals surface area contributed by atoms with Gasteiger partial charge in [0.1, 0.15) is 10.8 Å². The van der Waals surface area contributed by atoms with Gasteiger partial charge in [-0.2, -0.15) is 0 Å². The molecule has 5 rings (SSSR count). The number of nitrogens with zero attached hydrogens (tertiary/aromatic N) is 2. The third-order valence-corrected chi connectivity index (χ3v) is 5.10. The van der Waals surface area contributed by atoms with Crippen molar-refractivity contribution in [3.8, 4) is 5.75 Å². The van der Waals surface area contributed by atoms with Crippen LogP contribution in [0.2, 0.25) is 5.02 Å². The molecule has 1 aromatic carbocycles. The number of fused-ring (bicyclic) bond motifs is 4. The Balaban J connectivity index is 1.64. The first-order valence-electron chi connectivity index (χ1n) is 7.37. The summed E-state index contributed by atoms with van der Waals surface area (Å²) in [7, 11) is 1.59. The monoisotopic (exact) mass is 307 g/mol. The lowest BCUT2D eigenvalue weighted by Crippen LogP contribution is -2.53. The van der Waals surface area contributed by atoms with Crippen LogP contribution in [0, 0.1) is 5.92 Å². The second-order valence-electron chi connectivity index (χ2n) is 5.88. The van der Waals surface area contributed by atoms with Crippen LogP contribution < -0.4 is 10.1 Å². The lowest BCUT2D eigenvalue weighted by atomic mass is 9.84. The van der Waals surface area contributed by atoms with E-state index in [9.17, 15) is 0 Å². The molecule has 3 aliphatic heterocycles. The summed E-state index contributed by atoms with van der Waals surface area (Å²) in [5.74, 6) is 2.12. The Morgan fingerprint density at radius 2 is 2.19 bits per heavy atom. The van der Waals surface area contributed by atoms with Crippen LogP contribution in [0.15, 0.2) is 16.7 Å². The Bertz CT molecular complexity index is 664. The van der Waals surface area contributed by atoms with E-state index in [4.69, 9.17) is 20.9 Å². The number of nitrogens with one attached hydrogen (secondary N) is 1. The summed E-state index contributed by atoms with van der Waals surface area (Å²) in [5, 5.41) is 9.11. The fraction of sp³-hybridized carbons (Fsp3) is 0.533. The van der Waals surface area contributed by atoms with Crippen molar-refractivity contribution in [2.75, 3.05) is 32.1 Å². The maximum Gasteiger partial charge on any atom is 0.191 e. The normalized spacial score (nSPS) is 28.0. The molecule has 5 nitrogen and oxygen atoms in total. The Morgan fingerprint density at radius 1 is 1.38 bits per heavy atom. The van der Waals surface area contributed by atoms with Gasteiger partial charge in [-0.1, -0.05) is 16.8 Å². The van der Waals surface area contributed by atoms with Gasteiger partial charge in [-0.05, 0) is 44.0 Å². The van der Waals surface area contributed by atoms with Crippen LogP contribution in [-0.2, 0) is 0 Å². The van der Waals surface area contributed by atoms with E-state index in [0.717, 1.165) is 23.7 Å². The minimum Gasteiger partial charge on any atom is -0.495 e. The van der Waals surface area contributed by atoms with Gasteiger partial charge in [-0.3, -0.25) is 0 Å². The summed E-state index contributed by atoms with van der Waals surface area (Å²) in [6.07, 6.45) is 2.53. The highest BCUT2D eigenvalue weighted by molar-refractivity contribution is 6.36. The van der Waals surface area contributed by atoms with Gasteiger partial charge in [0, 0.05) is 12.6 Å². The number of anilines is 1. The molecule has 3 fully saturated rings. The van der Waals surface area contributed by atoms with Crippen molar-refractivity contribution in [3.63, 3.8) is 0 Å². The SMILES string of the molecule is COc1ccc2c(N[C@@H]3CN4CCC3CC4)noc2c1Cl.